The van der Waals surface area contributed by atoms with E-state index in [4.69, 9.17) is 10.2 Å². The molecular formula is C34H30N4. The van der Waals surface area contributed by atoms with Gasteiger partial charge in [0, 0.05) is 11.1 Å². The van der Waals surface area contributed by atoms with Crippen molar-refractivity contribution in [2.75, 3.05) is 0 Å². The van der Waals surface area contributed by atoms with Gasteiger partial charge in [-0.25, -0.2) is 0 Å². The molecule has 0 bridgehead atoms. The Hall–Kier alpha value is -4.44. The first kappa shape index (κ1) is 23.9. The van der Waals surface area contributed by atoms with Gasteiger partial charge in [0.1, 0.15) is 11.4 Å². The number of aryl methyl sites for hydroxylation is 4. The van der Waals surface area contributed by atoms with E-state index < -0.39 is 0 Å². The van der Waals surface area contributed by atoms with Crippen LogP contribution < -0.4 is 0 Å². The Labute approximate surface area is 224 Å². The van der Waals surface area contributed by atoms with Crippen LogP contribution in [0.2, 0.25) is 0 Å². The van der Waals surface area contributed by atoms with Gasteiger partial charge in [-0.15, -0.1) is 10.2 Å². The third-order valence-corrected chi connectivity index (χ3v) is 7.29. The molecular weight excluding hydrogens is 464 g/mol. The summed E-state index contributed by atoms with van der Waals surface area (Å²) >= 11 is 0. The Bertz CT molecular complexity index is 1430. The maximum absolute atomic E-state index is 4.71. The largest absolute Gasteiger partial charge is 0.158 e. The fraction of sp³-hybridized carbons (Fsp3) is 0.176. The number of benzene rings is 4. The summed E-state index contributed by atoms with van der Waals surface area (Å²) in [5.41, 5.74) is 11.1. The Kier molecular flexibility index (Phi) is 7.12. The molecule has 0 spiro atoms. The van der Waals surface area contributed by atoms with E-state index in [1.807, 2.05) is 73.1 Å². The van der Waals surface area contributed by atoms with Crippen molar-refractivity contribution in [3.63, 3.8) is 0 Å². The molecule has 0 aliphatic heterocycles. The Morgan fingerprint density at radius 2 is 0.895 bits per heavy atom. The molecule has 0 heterocycles. The second-order valence-electron chi connectivity index (χ2n) is 9.88. The molecule has 0 radical (unpaired) electrons. The number of fused-ring (bicyclic) bond motifs is 2. The highest BCUT2D eigenvalue weighted by Gasteiger charge is 2.15. The molecule has 38 heavy (non-hydrogen) atoms. The summed E-state index contributed by atoms with van der Waals surface area (Å²) in [4.78, 5) is 0. The van der Waals surface area contributed by atoms with E-state index >= 15 is 0 Å². The zero-order valence-corrected chi connectivity index (χ0v) is 21.4. The second kappa shape index (κ2) is 11.3. The highest BCUT2D eigenvalue weighted by atomic mass is 15.2. The van der Waals surface area contributed by atoms with Crippen LogP contribution >= 0.6 is 0 Å². The first-order valence-electron chi connectivity index (χ1n) is 13.4. The molecule has 2 aliphatic rings. The molecule has 0 aromatic heterocycles. The zero-order valence-electron chi connectivity index (χ0n) is 21.4. The third-order valence-electron chi connectivity index (χ3n) is 7.29. The van der Waals surface area contributed by atoms with Crippen LogP contribution in [0.5, 0.6) is 0 Å². The normalized spacial score (nSPS) is 15.4. The van der Waals surface area contributed by atoms with Gasteiger partial charge in [0.25, 0.3) is 0 Å². The van der Waals surface area contributed by atoms with Gasteiger partial charge < -0.3 is 0 Å². The molecule has 6 rings (SSSR count). The van der Waals surface area contributed by atoms with Crippen molar-refractivity contribution < 1.29 is 0 Å². The SMILES string of the molecule is C(=NN=C(C(=NN=Cc1ccc2c(c1)CCC2)c1ccccc1)c1ccccc1)c1ccc2c(c1)CCC2. The van der Waals surface area contributed by atoms with Gasteiger partial charge in [0.15, 0.2) is 0 Å². The zero-order chi connectivity index (χ0) is 25.6. The van der Waals surface area contributed by atoms with E-state index in [1.165, 1.54) is 47.9 Å². The molecule has 4 aromatic carbocycles. The summed E-state index contributed by atoms with van der Waals surface area (Å²) in [6.07, 6.45) is 10.8. The van der Waals surface area contributed by atoms with E-state index in [0.29, 0.717) is 11.4 Å². The number of hydrogen-bond donors (Lipinski definition) is 0. The van der Waals surface area contributed by atoms with Crippen LogP contribution in [0.15, 0.2) is 117 Å². The molecule has 4 aromatic rings. The van der Waals surface area contributed by atoms with Gasteiger partial charge >= 0.3 is 0 Å². The maximum atomic E-state index is 4.71. The summed E-state index contributed by atoms with van der Waals surface area (Å²) in [6.45, 7) is 0. The van der Waals surface area contributed by atoms with Crippen molar-refractivity contribution in [2.45, 2.75) is 38.5 Å². The highest BCUT2D eigenvalue weighted by Crippen LogP contribution is 2.23. The van der Waals surface area contributed by atoms with E-state index in [2.05, 4.69) is 46.6 Å². The molecule has 0 amide bonds. The lowest BCUT2D eigenvalue weighted by atomic mass is 10.00. The molecule has 0 unspecified atom stereocenters. The van der Waals surface area contributed by atoms with E-state index in [0.717, 1.165) is 35.1 Å². The van der Waals surface area contributed by atoms with Crippen LogP contribution in [-0.4, -0.2) is 23.9 Å². The maximum Gasteiger partial charge on any atom is 0.121 e. The lowest BCUT2D eigenvalue weighted by Crippen LogP contribution is -2.17. The molecule has 4 heteroatoms. The fourth-order valence-corrected chi connectivity index (χ4v) is 5.33. The summed E-state index contributed by atoms with van der Waals surface area (Å²) in [7, 11) is 0. The predicted molar refractivity (Wildman–Crippen MR) is 158 cm³/mol. The lowest BCUT2D eigenvalue weighted by molar-refractivity contribution is 0.912. The molecule has 0 saturated heterocycles. The minimum atomic E-state index is 0.681. The first-order valence-corrected chi connectivity index (χ1v) is 13.4. The van der Waals surface area contributed by atoms with Gasteiger partial charge in [0.2, 0.25) is 0 Å². The highest BCUT2D eigenvalue weighted by molar-refractivity contribution is 6.53. The quantitative estimate of drug-likeness (QED) is 0.196. The number of nitrogens with zero attached hydrogens (tertiary/aromatic N) is 4. The summed E-state index contributed by atoms with van der Waals surface area (Å²) < 4.78 is 0. The van der Waals surface area contributed by atoms with Crippen LogP contribution in [0.25, 0.3) is 0 Å². The van der Waals surface area contributed by atoms with Crippen molar-refractivity contribution in [2.24, 2.45) is 20.4 Å². The van der Waals surface area contributed by atoms with Gasteiger partial charge in [-0.3, -0.25) is 0 Å². The van der Waals surface area contributed by atoms with Crippen molar-refractivity contribution >= 4 is 23.9 Å². The minimum Gasteiger partial charge on any atom is -0.158 e. The summed E-state index contributed by atoms with van der Waals surface area (Å²) in [5, 5.41) is 18.5. The minimum absolute atomic E-state index is 0.681. The molecule has 0 fully saturated rings. The van der Waals surface area contributed by atoms with Crippen LogP contribution in [0.1, 0.15) is 57.3 Å². The molecule has 0 N–H and O–H groups in total. The van der Waals surface area contributed by atoms with Crippen molar-refractivity contribution in [3.8, 4) is 0 Å². The van der Waals surface area contributed by atoms with E-state index in [1.54, 1.807) is 0 Å². The standard InChI is InChI=1S/C34H30N4/c1-3-9-29(10-4-1)33(37-35-23-25-17-19-27-13-7-15-31(27)21-25)34(30-11-5-2-6-12-30)38-36-24-26-18-20-28-14-8-16-32(28)22-26/h1-6,9-12,17-24H,7-8,13-16H2. The van der Waals surface area contributed by atoms with Crippen LogP contribution in [0.4, 0.5) is 0 Å². The Morgan fingerprint density at radius 3 is 1.34 bits per heavy atom. The third kappa shape index (κ3) is 5.45. The van der Waals surface area contributed by atoms with Crippen molar-refractivity contribution in [1.29, 1.82) is 0 Å². The molecule has 186 valence electrons. The van der Waals surface area contributed by atoms with Crippen LogP contribution in [0, 0.1) is 0 Å². The fourth-order valence-electron chi connectivity index (χ4n) is 5.33. The second-order valence-corrected chi connectivity index (χ2v) is 9.88. The predicted octanol–water partition coefficient (Wildman–Crippen LogP) is 7.01. The average molecular weight is 495 g/mol. The van der Waals surface area contributed by atoms with Crippen molar-refractivity contribution in [1.82, 2.24) is 0 Å². The van der Waals surface area contributed by atoms with Crippen LogP contribution in [0.3, 0.4) is 0 Å². The Balaban J connectivity index is 1.37. The van der Waals surface area contributed by atoms with E-state index in [-0.39, 0.29) is 0 Å². The van der Waals surface area contributed by atoms with Gasteiger partial charge in [0.05, 0.1) is 12.4 Å². The Morgan fingerprint density at radius 1 is 0.474 bits per heavy atom. The lowest BCUT2D eigenvalue weighted by Gasteiger charge is -2.08. The van der Waals surface area contributed by atoms with Crippen molar-refractivity contribution in [3.05, 3.63) is 142 Å². The first-order chi connectivity index (χ1) is 18.8. The number of rotatable bonds is 7. The van der Waals surface area contributed by atoms with Gasteiger partial charge in [-0.2, -0.15) is 10.2 Å². The van der Waals surface area contributed by atoms with E-state index in [9.17, 15) is 0 Å². The molecule has 0 saturated carbocycles. The van der Waals surface area contributed by atoms with Gasteiger partial charge in [-0.05, 0) is 84.0 Å². The molecule has 4 nitrogen and oxygen atoms in total. The smallest absolute Gasteiger partial charge is 0.121 e. The summed E-state index contributed by atoms with van der Waals surface area (Å²) in [6, 6.07) is 33.3. The topological polar surface area (TPSA) is 49.4 Å². The monoisotopic (exact) mass is 494 g/mol. The average Bonchev–Trinajstić information content (AvgIpc) is 3.64. The van der Waals surface area contributed by atoms with Gasteiger partial charge in [-0.1, -0.05) is 84.9 Å². The molecule has 2 aliphatic carbocycles. The van der Waals surface area contributed by atoms with Crippen LogP contribution in [-0.2, 0) is 25.7 Å². The number of hydrogen-bond acceptors (Lipinski definition) is 4. The summed E-state index contributed by atoms with van der Waals surface area (Å²) in [5.74, 6) is 0. The molecule has 0 atom stereocenters.